The van der Waals surface area contributed by atoms with Crippen molar-refractivity contribution in [1.82, 2.24) is 9.62 Å². The van der Waals surface area contributed by atoms with Crippen LogP contribution in [0, 0.1) is 5.92 Å². The number of nitrogens with zero attached hydrogens (tertiary/aromatic N) is 1. The third kappa shape index (κ3) is 5.02. The molecule has 1 atom stereocenters. The van der Waals surface area contributed by atoms with Gasteiger partial charge in [-0.05, 0) is 24.5 Å². The lowest BCUT2D eigenvalue weighted by atomic mass is 9.92. The van der Waals surface area contributed by atoms with Crippen LogP contribution in [0.3, 0.4) is 0 Å². The Morgan fingerprint density at radius 2 is 1.88 bits per heavy atom. The topological polar surface area (TPSA) is 58.6 Å². The summed E-state index contributed by atoms with van der Waals surface area (Å²) in [5.41, 5.74) is 0. The smallest absolute Gasteiger partial charge is 0.250 e. The Hall–Kier alpha value is -0.470. The van der Waals surface area contributed by atoms with E-state index in [-0.39, 0.29) is 6.04 Å². The van der Waals surface area contributed by atoms with Gasteiger partial charge in [-0.3, -0.25) is 4.90 Å². The van der Waals surface area contributed by atoms with Gasteiger partial charge < -0.3 is 4.74 Å². The first-order valence-corrected chi connectivity index (χ1v) is 11.2. The summed E-state index contributed by atoms with van der Waals surface area (Å²) in [5.74, 6) is 0.486. The number of hydrogen-bond donors (Lipinski definition) is 1. The van der Waals surface area contributed by atoms with Crippen molar-refractivity contribution in [3.63, 3.8) is 0 Å². The molecule has 1 aliphatic heterocycles. The van der Waals surface area contributed by atoms with Crippen molar-refractivity contribution in [3.8, 4) is 0 Å². The van der Waals surface area contributed by atoms with E-state index in [1.807, 2.05) is 13.0 Å². The zero-order valence-electron chi connectivity index (χ0n) is 15.0. The SMILES string of the molecule is CCc1ccc(S(=O)(=O)NCC(C(CC)CC)N2CCOCC2)s1. The highest BCUT2D eigenvalue weighted by molar-refractivity contribution is 7.91. The van der Waals surface area contributed by atoms with Gasteiger partial charge in [-0.1, -0.05) is 33.6 Å². The average Bonchev–Trinajstić information content (AvgIpc) is 3.09. The van der Waals surface area contributed by atoms with Crippen molar-refractivity contribution in [3.05, 3.63) is 17.0 Å². The Labute approximate surface area is 150 Å². The Balaban J connectivity index is 2.07. The molecule has 1 aromatic heterocycles. The zero-order valence-corrected chi connectivity index (χ0v) is 16.6. The van der Waals surface area contributed by atoms with Gasteiger partial charge in [0.2, 0.25) is 10.0 Å². The van der Waals surface area contributed by atoms with Crippen molar-refractivity contribution in [2.24, 2.45) is 5.92 Å². The van der Waals surface area contributed by atoms with E-state index < -0.39 is 10.0 Å². The van der Waals surface area contributed by atoms with Crippen LogP contribution >= 0.6 is 11.3 Å². The van der Waals surface area contributed by atoms with Gasteiger partial charge in [0.25, 0.3) is 0 Å². The summed E-state index contributed by atoms with van der Waals surface area (Å²) < 4.78 is 33.9. The summed E-state index contributed by atoms with van der Waals surface area (Å²) in [5, 5.41) is 0. The second-order valence-electron chi connectivity index (χ2n) is 6.22. The minimum absolute atomic E-state index is 0.226. The maximum atomic E-state index is 12.6. The van der Waals surface area contributed by atoms with Crippen molar-refractivity contribution in [2.45, 2.75) is 50.3 Å². The summed E-state index contributed by atoms with van der Waals surface area (Å²) in [6.45, 7) is 10.1. The molecule has 1 fully saturated rings. The van der Waals surface area contributed by atoms with Crippen molar-refractivity contribution >= 4 is 21.4 Å². The van der Waals surface area contributed by atoms with Gasteiger partial charge in [-0.15, -0.1) is 11.3 Å². The standard InChI is InChI=1S/C17H30N2O3S2/c1-4-14(5-2)16(19-9-11-22-12-10-19)13-18-24(20,21)17-8-7-15(6-3)23-17/h7-8,14,16,18H,4-6,9-13H2,1-3H3. The molecule has 1 aliphatic rings. The van der Waals surface area contributed by atoms with E-state index in [1.54, 1.807) is 6.07 Å². The molecule has 1 unspecified atom stereocenters. The minimum atomic E-state index is -3.42. The summed E-state index contributed by atoms with van der Waals surface area (Å²) in [6.07, 6.45) is 2.98. The number of nitrogens with one attached hydrogen (secondary N) is 1. The van der Waals surface area contributed by atoms with Crippen LogP contribution in [-0.2, 0) is 21.2 Å². The molecular weight excluding hydrogens is 344 g/mol. The van der Waals surface area contributed by atoms with Crippen molar-refractivity contribution < 1.29 is 13.2 Å². The summed E-state index contributed by atoms with van der Waals surface area (Å²) >= 11 is 1.36. The molecule has 5 nitrogen and oxygen atoms in total. The maximum absolute atomic E-state index is 12.6. The molecule has 138 valence electrons. The second kappa shape index (κ2) is 9.29. The number of rotatable bonds is 9. The van der Waals surface area contributed by atoms with Crippen LogP contribution in [-0.4, -0.2) is 52.2 Å². The van der Waals surface area contributed by atoms with Crippen LogP contribution in [0.5, 0.6) is 0 Å². The molecule has 1 aromatic rings. The molecule has 0 saturated carbocycles. The largest absolute Gasteiger partial charge is 0.379 e. The molecule has 0 aromatic carbocycles. The predicted molar refractivity (Wildman–Crippen MR) is 99.1 cm³/mol. The van der Waals surface area contributed by atoms with E-state index >= 15 is 0 Å². The van der Waals surface area contributed by atoms with Crippen LogP contribution in [0.1, 0.15) is 38.5 Å². The lowest BCUT2D eigenvalue weighted by Crippen LogP contribution is -2.51. The van der Waals surface area contributed by atoms with Crippen molar-refractivity contribution in [1.29, 1.82) is 0 Å². The highest BCUT2D eigenvalue weighted by Crippen LogP contribution is 2.23. The van der Waals surface area contributed by atoms with Crippen LogP contribution in [0.2, 0.25) is 0 Å². The van der Waals surface area contributed by atoms with Gasteiger partial charge >= 0.3 is 0 Å². The van der Waals surface area contributed by atoms with Gasteiger partial charge in [-0.25, -0.2) is 13.1 Å². The molecule has 1 saturated heterocycles. The van der Waals surface area contributed by atoms with E-state index in [9.17, 15) is 8.42 Å². The second-order valence-corrected chi connectivity index (χ2v) is 9.38. The highest BCUT2D eigenvalue weighted by Gasteiger charge is 2.28. The Bertz CT molecular complexity index is 591. The molecule has 0 spiro atoms. The lowest BCUT2D eigenvalue weighted by molar-refractivity contribution is 0.00298. The molecule has 0 amide bonds. The Kier molecular flexibility index (Phi) is 7.68. The Morgan fingerprint density at radius 3 is 2.42 bits per heavy atom. The van der Waals surface area contributed by atoms with E-state index in [1.165, 1.54) is 11.3 Å². The lowest BCUT2D eigenvalue weighted by Gasteiger charge is -2.38. The first-order valence-electron chi connectivity index (χ1n) is 8.92. The zero-order chi connectivity index (χ0) is 17.6. The summed E-state index contributed by atoms with van der Waals surface area (Å²) in [6, 6.07) is 3.84. The first-order chi connectivity index (χ1) is 11.5. The maximum Gasteiger partial charge on any atom is 0.250 e. The van der Waals surface area contributed by atoms with E-state index in [0.29, 0.717) is 16.7 Å². The molecule has 1 N–H and O–H groups in total. The van der Waals surface area contributed by atoms with Gasteiger partial charge in [0, 0.05) is 30.6 Å². The van der Waals surface area contributed by atoms with E-state index in [2.05, 4.69) is 23.5 Å². The average molecular weight is 375 g/mol. The number of aryl methyl sites for hydroxylation is 1. The van der Waals surface area contributed by atoms with Crippen LogP contribution in [0.15, 0.2) is 16.3 Å². The highest BCUT2D eigenvalue weighted by atomic mass is 32.2. The summed E-state index contributed by atoms with van der Waals surface area (Å²) in [7, 11) is -3.42. The molecule has 0 aliphatic carbocycles. The minimum Gasteiger partial charge on any atom is -0.379 e. The fourth-order valence-corrected chi connectivity index (χ4v) is 5.69. The molecule has 0 bridgehead atoms. The third-order valence-corrected chi connectivity index (χ3v) is 7.99. The van der Waals surface area contributed by atoms with Gasteiger partial charge in [-0.2, -0.15) is 0 Å². The predicted octanol–water partition coefficient (Wildman–Crippen LogP) is 2.73. The molecule has 7 heteroatoms. The van der Waals surface area contributed by atoms with Gasteiger partial charge in [0.05, 0.1) is 13.2 Å². The third-order valence-electron chi connectivity index (χ3n) is 4.84. The van der Waals surface area contributed by atoms with Crippen LogP contribution < -0.4 is 4.72 Å². The summed E-state index contributed by atoms with van der Waals surface area (Å²) in [4.78, 5) is 3.48. The fourth-order valence-electron chi connectivity index (χ4n) is 3.29. The molecular formula is C17H30N2O3S2. The monoisotopic (exact) mass is 374 g/mol. The van der Waals surface area contributed by atoms with Crippen molar-refractivity contribution in [2.75, 3.05) is 32.8 Å². The van der Waals surface area contributed by atoms with Crippen LogP contribution in [0.25, 0.3) is 0 Å². The fraction of sp³-hybridized carbons (Fsp3) is 0.765. The first kappa shape index (κ1) is 19.8. The van der Waals surface area contributed by atoms with E-state index in [0.717, 1.165) is 50.4 Å². The number of ether oxygens (including phenoxy) is 1. The number of sulfonamides is 1. The number of morpholine rings is 1. The number of thiophene rings is 1. The molecule has 24 heavy (non-hydrogen) atoms. The molecule has 0 radical (unpaired) electrons. The van der Waals surface area contributed by atoms with Gasteiger partial charge in [0.1, 0.15) is 4.21 Å². The normalized spacial score (nSPS) is 18.2. The number of hydrogen-bond acceptors (Lipinski definition) is 5. The molecule has 2 rings (SSSR count). The molecule has 2 heterocycles. The van der Waals surface area contributed by atoms with E-state index in [4.69, 9.17) is 4.74 Å². The van der Waals surface area contributed by atoms with Gasteiger partial charge in [0.15, 0.2) is 0 Å². The Morgan fingerprint density at radius 1 is 1.21 bits per heavy atom. The van der Waals surface area contributed by atoms with Crippen LogP contribution in [0.4, 0.5) is 0 Å². The quantitative estimate of drug-likeness (QED) is 0.722.